The number of fused-ring (bicyclic) bond motifs is 1. The lowest BCUT2D eigenvalue weighted by molar-refractivity contribution is 0.0998. The van der Waals surface area contributed by atoms with E-state index in [0.717, 1.165) is 27.3 Å². The first-order valence-electron chi connectivity index (χ1n) is 7.23. The van der Waals surface area contributed by atoms with Crippen LogP contribution in [0.15, 0.2) is 29.3 Å². The fourth-order valence-corrected chi connectivity index (χ4v) is 4.83. The van der Waals surface area contributed by atoms with Crippen LogP contribution in [-0.2, 0) is 11.3 Å². The Balaban J connectivity index is 2.12. The van der Waals surface area contributed by atoms with E-state index in [-0.39, 0.29) is 0 Å². The van der Waals surface area contributed by atoms with E-state index in [1.165, 1.54) is 17.4 Å². The van der Waals surface area contributed by atoms with Crippen LogP contribution in [0.4, 0.5) is 0 Å². The average Bonchev–Trinajstić information content (AvgIpc) is 3.11. The lowest BCUT2D eigenvalue weighted by Crippen LogP contribution is -2.19. The van der Waals surface area contributed by atoms with Gasteiger partial charge < -0.3 is 14.0 Å². The number of methoxy groups -OCH3 is 2. The van der Waals surface area contributed by atoms with Gasteiger partial charge in [0.15, 0.2) is 4.80 Å². The summed E-state index contributed by atoms with van der Waals surface area (Å²) in [5.74, 6) is 0.330. The van der Waals surface area contributed by atoms with E-state index in [4.69, 9.17) is 32.7 Å². The van der Waals surface area contributed by atoms with Gasteiger partial charge in [0.25, 0.3) is 5.91 Å². The van der Waals surface area contributed by atoms with E-state index in [0.29, 0.717) is 32.2 Å². The lowest BCUT2D eigenvalue weighted by atomic mass is 10.3. The molecular weight excluding hydrogens is 403 g/mol. The van der Waals surface area contributed by atoms with Gasteiger partial charge in [-0.1, -0.05) is 34.5 Å². The summed E-state index contributed by atoms with van der Waals surface area (Å²) in [6.07, 6.45) is 0. The molecule has 0 bridgehead atoms. The molecule has 2 heterocycles. The summed E-state index contributed by atoms with van der Waals surface area (Å²) in [6.45, 7) is 1.08. The van der Waals surface area contributed by atoms with Gasteiger partial charge in [-0.15, -0.1) is 11.3 Å². The Bertz CT molecular complexity index is 991. The molecule has 0 N–H and O–H groups in total. The molecule has 3 aromatic rings. The van der Waals surface area contributed by atoms with Gasteiger partial charge in [0, 0.05) is 13.7 Å². The predicted molar refractivity (Wildman–Crippen MR) is 102 cm³/mol. The number of halogens is 2. The second kappa shape index (κ2) is 7.88. The second-order valence-electron chi connectivity index (χ2n) is 5.02. The highest BCUT2D eigenvalue weighted by atomic mass is 35.5. The van der Waals surface area contributed by atoms with Crippen molar-refractivity contribution in [3.05, 3.63) is 43.3 Å². The zero-order valence-electron chi connectivity index (χ0n) is 13.4. The summed E-state index contributed by atoms with van der Waals surface area (Å²) in [7, 11) is 3.25. The Morgan fingerprint density at radius 1 is 1.24 bits per heavy atom. The van der Waals surface area contributed by atoms with Crippen LogP contribution in [-0.4, -0.2) is 31.3 Å². The molecule has 0 aliphatic carbocycles. The van der Waals surface area contributed by atoms with Crippen molar-refractivity contribution < 1.29 is 14.3 Å². The van der Waals surface area contributed by atoms with E-state index in [1.54, 1.807) is 14.2 Å². The number of thiophene rings is 1. The number of ether oxygens (including phenoxy) is 2. The highest BCUT2D eigenvalue weighted by molar-refractivity contribution is 7.20. The van der Waals surface area contributed by atoms with Crippen molar-refractivity contribution in [1.29, 1.82) is 0 Å². The van der Waals surface area contributed by atoms with Crippen molar-refractivity contribution in [2.45, 2.75) is 6.54 Å². The Hall–Kier alpha value is -1.38. The molecule has 0 aliphatic rings. The fraction of sp³-hybridized carbons (Fsp3) is 0.250. The maximum absolute atomic E-state index is 12.5. The molecule has 132 valence electrons. The normalized spacial score (nSPS) is 12.1. The summed E-state index contributed by atoms with van der Waals surface area (Å²) >= 11 is 14.5. The van der Waals surface area contributed by atoms with Gasteiger partial charge in [-0.2, -0.15) is 4.99 Å². The number of rotatable bonds is 5. The van der Waals surface area contributed by atoms with Crippen molar-refractivity contribution in [3.63, 3.8) is 0 Å². The van der Waals surface area contributed by atoms with Gasteiger partial charge in [-0.3, -0.25) is 4.79 Å². The largest absolute Gasteiger partial charge is 0.497 e. The van der Waals surface area contributed by atoms with Gasteiger partial charge in [-0.25, -0.2) is 0 Å². The first kappa shape index (κ1) is 18.4. The molecule has 0 fully saturated rings. The molecule has 1 aromatic carbocycles. The smallest absolute Gasteiger partial charge is 0.282 e. The van der Waals surface area contributed by atoms with E-state index >= 15 is 0 Å². The number of thiazole rings is 1. The highest BCUT2D eigenvalue weighted by Crippen LogP contribution is 2.31. The Labute approximate surface area is 162 Å². The van der Waals surface area contributed by atoms with Crippen LogP contribution in [0.2, 0.25) is 8.67 Å². The van der Waals surface area contributed by atoms with Crippen LogP contribution in [0.25, 0.3) is 10.2 Å². The van der Waals surface area contributed by atoms with Crippen molar-refractivity contribution in [3.8, 4) is 5.75 Å². The third-order valence-electron chi connectivity index (χ3n) is 3.49. The molecule has 9 heteroatoms. The van der Waals surface area contributed by atoms with E-state index in [9.17, 15) is 4.79 Å². The molecule has 0 saturated heterocycles. The van der Waals surface area contributed by atoms with Crippen LogP contribution >= 0.6 is 45.9 Å². The number of nitrogens with zero attached hydrogens (tertiary/aromatic N) is 2. The SMILES string of the molecule is COCCn1c(=NC(=O)c2cc(Cl)sc2Cl)sc2cc(OC)ccc21. The number of hydrogen-bond donors (Lipinski definition) is 0. The van der Waals surface area contributed by atoms with Crippen LogP contribution < -0.4 is 9.54 Å². The molecule has 0 radical (unpaired) electrons. The van der Waals surface area contributed by atoms with E-state index in [1.807, 2.05) is 22.8 Å². The molecule has 1 amide bonds. The quantitative estimate of drug-likeness (QED) is 0.616. The zero-order valence-corrected chi connectivity index (χ0v) is 16.6. The van der Waals surface area contributed by atoms with Gasteiger partial charge in [-0.05, 0) is 24.3 Å². The molecule has 0 atom stereocenters. The monoisotopic (exact) mass is 416 g/mol. The van der Waals surface area contributed by atoms with Gasteiger partial charge >= 0.3 is 0 Å². The minimum Gasteiger partial charge on any atom is -0.497 e. The number of carbonyl (C=O) groups is 1. The number of amides is 1. The van der Waals surface area contributed by atoms with Crippen molar-refractivity contribution >= 4 is 62.0 Å². The summed E-state index contributed by atoms with van der Waals surface area (Å²) < 4.78 is 14.1. The molecule has 3 rings (SSSR count). The third kappa shape index (κ3) is 3.91. The lowest BCUT2D eigenvalue weighted by Gasteiger charge is -2.05. The zero-order chi connectivity index (χ0) is 18.0. The summed E-state index contributed by atoms with van der Waals surface area (Å²) in [6, 6.07) is 7.27. The van der Waals surface area contributed by atoms with Crippen LogP contribution in [0, 0.1) is 0 Å². The maximum Gasteiger partial charge on any atom is 0.282 e. The Kier molecular flexibility index (Phi) is 5.81. The molecule has 0 spiro atoms. The fourth-order valence-electron chi connectivity index (χ4n) is 2.30. The number of aromatic nitrogens is 1. The first-order chi connectivity index (χ1) is 12.0. The Morgan fingerprint density at radius 3 is 2.68 bits per heavy atom. The summed E-state index contributed by atoms with van der Waals surface area (Å²) in [4.78, 5) is 17.3. The molecule has 0 aliphatic heterocycles. The number of hydrogen-bond acceptors (Lipinski definition) is 5. The first-order valence-corrected chi connectivity index (χ1v) is 9.62. The molecule has 0 unspecified atom stereocenters. The molecular formula is C16H14Cl2N2O3S2. The van der Waals surface area contributed by atoms with Gasteiger partial charge in [0.2, 0.25) is 0 Å². The van der Waals surface area contributed by atoms with Gasteiger partial charge in [0.1, 0.15) is 10.1 Å². The highest BCUT2D eigenvalue weighted by Gasteiger charge is 2.15. The molecule has 25 heavy (non-hydrogen) atoms. The van der Waals surface area contributed by atoms with Crippen LogP contribution in [0.3, 0.4) is 0 Å². The minimum absolute atomic E-state index is 0.310. The van der Waals surface area contributed by atoms with Crippen molar-refractivity contribution in [2.75, 3.05) is 20.8 Å². The second-order valence-corrected chi connectivity index (χ2v) is 8.31. The number of carbonyl (C=O) groups excluding carboxylic acids is 1. The minimum atomic E-state index is -0.419. The maximum atomic E-state index is 12.5. The predicted octanol–water partition coefficient (Wildman–Crippen LogP) is 4.47. The van der Waals surface area contributed by atoms with Gasteiger partial charge in [0.05, 0.1) is 33.8 Å². The van der Waals surface area contributed by atoms with E-state index < -0.39 is 5.91 Å². The van der Waals surface area contributed by atoms with Crippen molar-refractivity contribution in [2.24, 2.45) is 4.99 Å². The standard InChI is InChI=1S/C16H14Cl2N2O3S2/c1-22-6-5-20-11-4-3-9(23-2)7-12(11)24-16(20)19-15(21)10-8-13(17)25-14(10)18/h3-4,7-8H,5-6H2,1-2H3. The molecule has 2 aromatic heterocycles. The number of benzene rings is 1. The Morgan fingerprint density at radius 2 is 2.04 bits per heavy atom. The van der Waals surface area contributed by atoms with Crippen LogP contribution in [0.5, 0.6) is 5.75 Å². The van der Waals surface area contributed by atoms with Crippen molar-refractivity contribution in [1.82, 2.24) is 4.57 Å². The van der Waals surface area contributed by atoms with Crippen LogP contribution in [0.1, 0.15) is 10.4 Å². The summed E-state index contributed by atoms with van der Waals surface area (Å²) in [5.41, 5.74) is 1.27. The van der Waals surface area contributed by atoms with E-state index in [2.05, 4.69) is 4.99 Å². The molecule has 5 nitrogen and oxygen atoms in total. The third-order valence-corrected chi connectivity index (χ3v) is 6.02. The average molecular weight is 417 g/mol. The summed E-state index contributed by atoms with van der Waals surface area (Å²) in [5, 5.41) is 0. The molecule has 0 saturated carbocycles. The topological polar surface area (TPSA) is 52.8 Å².